The lowest BCUT2D eigenvalue weighted by atomic mass is 10.2. The van der Waals surface area contributed by atoms with Gasteiger partial charge in [-0.2, -0.15) is 8.78 Å². The van der Waals surface area contributed by atoms with Gasteiger partial charge in [0.15, 0.2) is 0 Å². The molecule has 0 aliphatic carbocycles. The van der Waals surface area contributed by atoms with Crippen LogP contribution >= 0.6 is 0 Å². The van der Waals surface area contributed by atoms with Gasteiger partial charge in [-0.15, -0.1) is 0 Å². The Morgan fingerprint density at radius 1 is 1.43 bits per heavy atom. The van der Waals surface area contributed by atoms with Gasteiger partial charge in [0.05, 0.1) is 23.3 Å². The van der Waals surface area contributed by atoms with Crippen LogP contribution in [-0.2, 0) is 14.6 Å². The molecule has 21 heavy (non-hydrogen) atoms. The van der Waals surface area contributed by atoms with Gasteiger partial charge in [-0.1, -0.05) is 12.1 Å². The number of benzene rings is 1. The van der Waals surface area contributed by atoms with E-state index >= 15 is 0 Å². The Balaban J connectivity index is 2.10. The van der Waals surface area contributed by atoms with Crippen molar-refractivity contribution in [2.75, 3.05) is 38.6 Å². The first kappa shape index (κ1) is 16.1. The summed E-state index contributed by atoms with van der Waals surface area (Å²) in [6.07, 6.45) is -0.105. The summed E-state index contributed by atoms with van der Waals surface area (Å²) in [6, 6.07) is 5.67. The molecule has 1 N–H and O–H groups in total. The molecule has 0 radical (unpaired) electrons. The normalized spacial score (nSPS) is 20.7. The standard InChI is InChI=1S/C13H18F2N2O3S/c1-17-6-7-20-10(9-17)8-16-11-4-2-3-5-12(11)21(18,19)13(14)15/h2-5,10,13,16H,6-9H2,1H3. The zero-order valence-electron chi connectivity index (χ0n) is 11.6. The van der Waals surface area contributed by atoms with Crippen molar-refractivity contribution in [1.82, 2.24) is 4.90 Å². The van der Waals surface area contributed by atoms with E-state index in [0.29, 0.717) is 19.7 Å². The SMILES string of the molecule is CN1CCOC(CNc2ccccc2S(=O)(=O)C(F)F)C1. The Hall–Kier alpha value is -1.25. The molecule has 1 atom stereocenters. The highest BCUT2D eigenvalue weighted by molar-refractivity contribution is 7.91. The van der Waals surface area contributed by atoms with E-state index in [1.807, 2.05) is 7.05 Å². The Morgan fingerprint density at radius 2 is 2.14 bits per heavy atom. The monoisotopic (exact) mass is 320 g/mol. The van der Waals surface area contributed by atoms with E-state index < -0.39 is 15.6 Å². The first-order valence-electron chi connectivity index (χ1n) is 6.56. The second kappa shape index (κ2) is 6.67. The first-order chi connectivity index (χ1) is 9.91. The number of hydrogen-bond donors (Lipinski definition) is 1. The van der Waals surface area contributed by atoms with Gasteiger partial charge in [-0.25, -0.2) is 8.42 Å². The van der Waals surface area contributed by atoms with E-state index in [0.717, 1.165) is 6.54 Å². The van der Waals surface area contributed by atoms with Crippen LogP contribution in [0.3, 0.4) is 0 Å². The van der Waals surface area contributed by atoms with Gasteiger partial charge in [-0.3, -0.25) is 0 Å². The van der Waals surface area contributed by atoms with Crippen molar-refractivity contribution in [1.29, 1.82) is 0 Å². The van der Waals surface area contributed by atoms with Crippen LogP contribution in [0.25, 0.3) is 0 Å². The van der Waals surface area contributed by atoms with E-state index in [2.05, 4.69) is 10.2 Å². The molecule has 2 rings (SSSR count). The minimum absolute atomic E-state index is 0.105. The highest BCUT2D eigenvalue weighted by atomic mass is 32.2. The fraction of sp³-hybridized carbons (Fsp3) is 0.538. The number of nitrogens with one attached hydrogen (secondary N) is 1. The van der Waals surface area contributed by atoms with Gasteiger partial charge in [0.1, 0.15) is 0 Å². The number of hydrogen-bond acceptors (Lipinski definition) is 5. The minimum atomic E-state index is -4.62. The van der Waals surface area contributed by atoms with Crippen LogP contribution in [-0.4, -0.2) is 58.5 Å². The van der Waals surface area contributed by atoms with Crippen molar-refractivity contribution in [3.05, 3.63) is 24.3 Å². The van der Waals surface area contributed by atoms with E-state index in [4.69, 9.17) is 4.74 Å². The average molecular weight is 320 g/mol. The Bertz CT molecular complexity index is 581. The third kappa shape index (κ3) is 3.90. The average Bonchev–Trinajstić information content (AvgIpc) is 2.45. The quantitative estimate of drug-likeness (QED) is 0.889. The number of ether oxygens (including phenoxy) is 1. The lowest BCUT2D eigenvalue weighted by Crippen LogP contribution is -2.43. The van der Waals surface area contributed by atoms with Gasteiger partial charge >= 0.3 is 5.76 Å². The lowest BCUT2D eigenvalue weighted by molar-refractivity contribution is -0.0117. The van der Waals surface area contributed by atoms with Crippen molar-refractivity contribution < 1.29 is 21.9 Å². The third-order valence-electron chi connectivity index (χ3n) is 3.29. The molecule has 1 aliphatic heterocycles. The van der Waals surface area contributed by atoms with Crippen LogP contribution in [0.4, 0.5) is 14.5 Å². The first-order valence-corrected chi connectivity index (χ1v) is 8.11. The number of likely N-dealkylation sites (N-methyl/N-ethyl adjacent to an activating group) is 1. The van der Waals surface area contributed by atoms with Crippen LogP contribution in [0, 0.1) is 0 Å². The van der Waals surface area contributed by atoms with Gasteiger partial charge in [0, 0.05) is 19.6 Å². The maximum Gasteiger partial charge on any atom is 0.341 e. The van der Waals surface area contributed by atoms with Crippen LogP contribution in [0.2, 0.25) is 0 Å². The zero-order chi connectivity index (χ0) is 15.5. The number of nitrogens with zero attached hydrogens (tertiary/aromatic N) is 1. The summed E-state index contributed by atoms with van der Waals surface area (Å²) >= 11 is 0. The summed E-state index contributed by atoms with van der Waals surface area (Å²) in [5.41, 5.74) is 0.176. The number of anilines is 1. The molecule has 1 aliphatic rings. The number of morpholine rings is 1. The summed E-state index contributed by atoms with van der Waals surface area (Å²) in [6.45, 7) is 2.50. The summed E-state index contributed by atoms with van der Waals surface area (Å²) < 4.78 is 54.1. The van der Waals surface area contributed by atoms with Crippen molar-refractivity contribution >= 4 is 15.5 Å². The Labute approximate surface area is 122 Å². The smallest absolute Gasteiger partial charge is 0.341 e. The lowest BCUT2D eigenvalue weighted by Gasteiger charge is -2.30. The fourth-order valence-corrected chi connectivity index (χ4v) is 3.08. The number of para-hydroxylation sites is 1. The minimum Gasteiger partial charge on any atom is -0.381 e. The molecular formula is C13H18F2N2O3S. The highest BCUT2D eigenvalue weighted by Crippen LogP contribution is 2.26. The molecule has 8 heteroatoms. The van der Waals surface area contributed by atoms with Crippen LogP contribution in [0.15, 0.2) is 29.2 Å². The molecule has 0 aromatic heterocycles. The molecule has 1 saturated heterocycles. The molecule has 1 heterocycles. The van der Waals surface area contributed by atoms with E-state index in [-0.39, 0.29) is 16.7 Å². The highest BCUT2D eigenvalue weighted by Gasteiger charge is 2.29. The second-order valence-electron chi connectivity index (χ2n) is 4.94. The molecule has 0 spiro atoms. The van der Waals surface area contributed by atoms with Gasteiger partial charge < -0.3 is 15.0 Å². The predicted octanol–water partition coefficient (Wildman–Crippen LogP) is 1.43. The molecule has 1 aromatic rings. The van der Waals surface area contributed by atoms with Crippen molar-refractivity contribution in [3.63, 3.8) is 0 Å². The molecule has 0 saturated carbocycles. The number of alkyl halides is 2. The molecular weight excluding hydrogens is 302 g/mol. The zero-order valence-corrected chi connectivity index (χ0v) is 12.4. The second-order valence-corrected chi connectivity index (χ2v) is 6.82. The van der Waals surface area contributed by atoms with Crippen molar-refractivity contribution in [3.8, 4) is 0 Å². The van der Waals surface area contributed by atoms with Crippen LogP contribution < -0.4 is 5.32 Å². The third-order valence-corrected chi connectivity index (χ3v) is 4.73. The largest absolute Gasteiger partial charge is 0.381 e. The van der Waals surface area contributed by atoms with E-state index in [9.17, 15) is 17.2 Å². The number of rotatable bonds is 5. The summed E-state index contributed by atoms with van der Waals surface area (Å²) in [5, 5.41) is 2.90. The Morgan fingerprint density at radius 3 is 2.81 bits per heavy atom. The summed E-state index contributed by atoms with van der Waals surface area (Å²) in [7, 11) is -2.66. The van der Waals surface area contributed by atoms with Crippen molar-refractivity contribution in [2.45, 2.75) is 16.8 Å². The molecule has 1 aromatic carbocycles. The molecule has 0 amide bonds. The van der Waals surface area contributed by atoms with Gasteiger partial charge in [0.25, 0.3) is 0 Å². The van der Waals surface area contributed by atoms with Crippen LogP contribution in [0.5, 0.6) is 0 Å². The van der Waals surface area contributed by atoms with Crippen molar-refractivity contribution in [2.24, 2.45) is 0 Å². The van der Waals surface area contributed by atoms with Gasteiger partial charge in [-0.05, 0) is 19.2 Å². The maximum absolute atomic E-state index is 12.7. The van der Waals surface area contributed by atoms with Crippen LogP contribution in [0.1, 0.15) is 0 Å². The van der Waals surface area contributed by atoms with E-state index in [1.54, 1.807) is 6.07 Å². The maximum atomic E-state index is 12.7. The molecule has 1 unspecified atom stereocenters. The topological polar surface area (TPSA) is 58.6 Å². The molecule has 118 valence electrons. The van der Waals surface area contributed by atoms with Gasteiger partial charge in [0.2, 0.25) is 9.84 Å². The molecule has 0 bridgehead atoms. The molecule has 5 nitrogen and oxygen atoms in total. The Kier molecular flexibility index (Phi) is 5.13. The van der Waals surface area contributed by atoms with E-state index in [1.165, 1.54) is 18.2 Å². The summed E-state index contributed by atoms with van der Waals surface area (Å²) in [5.74, 6) is -3.43. The number of sulfone groups is 1. The molecule has 1 fully saturated rings. The predicted molar refractivity (Wildman–Crippen MR) is 75.4 cm³/mol. The number of halogens is 2. The summed E-state index contributed by atoms with van der Waals surface area (Å²) in [4.78, 5) is 1.71. The fourth-order valence-electron chi connectivity index (χ4n) is 2.17.